The van der Waals surface area contributed by atoms with Gasteiger partial charge in [-0.05, 0) is 30.9 Å². The second kappa shape index (κ2) is 8.21. The lowest BCUT2D eigenvalue weighted by molar-refractivity contribution is -0.384. The molecule has 1 rings (SSSR count). The quantitative estimate of drug-likeness (QED) is 0.532. The highest BCUT2D eigenvalue weighted by Gasteiger charge is 2.16. The van der Waals surface area contributed by atoms with E-state index in [4.69, 9.17) is 15.6 Å². The summed E-state index contributed by atoms with van der Waals surface area (Å²) in [6, 6.07) is 5.97. The van der Waals surface area contributed by atoms with Gasteiger partial charge in [0, 0.05) is 12.5 Å². The monoisotopic (exact) mass is 296 g/mol. The minimum absolute atomic E-state index is 0.0223. The molecule has 0 unspecified atom stereocenters. The highest BCUT2D eigenvalue weighted by atomic mass is 16.6. The summed E-state index contributed by atoms with van der Waals surface area (Å²) in [5.41, 5.74) is 5.53. The van der Waals surface area contributed by atoms with E-state index in [0.29, 0.717) is 25.3 Å². The van der Waals surface area contributed by atoms with Crippen molar-refractivity contribution in [3.8, 4) is 5.75 Å². The molecule has 7 heteroatoms. The Morgan fingerprint density at radius 3 is 2.81 bits per heavy atom. The van der Waals surface area contributed by atoms with Gasteiger partial charge in [-0.3, -0.25) is 14.9 Å². The average molecular weight is 296 g/mol. The fourth-order valence-corrected chi connectivity index (χ4v) is 2.07. The minimum Gasteiger partial charge on any atom is -0.493 e. The Hall–Kier alpha value is -2.15. The molecule has 7 nitrogen and oxygen atoms in total. The van der Waals surface area contributed by atoms with Crippen molar-refractivity contribution >= 4 is 11.7 Å². The molecule has 0 aliphatic heterocycles. The van der Waals surface area contributed by atoms with Crippen LogP contribution in [-0.4, -0.2) is 29.2 Å². The van der Waals surface area contributed by atoms with E-state index in [-0.39, 0.29) is 23.9 Å². The smallest absolute Gasteiger partial charge is 0.303 e. The summed E-state index contributed by atoms with van der Waals surface area (Å²) in [4.78, 5) is 20.9. The number of rotatable bonds is 9. The van der Waals surface area contributed by atoms with Crippen molar-refractivity contribution in [3.05, 3.63) is 34.4 Å². The fraction of sp³-hybridized carbons (Fsp3) is 0.500. The van der Waals surface area contributed by atoms with E-state index in [1.165, 1.54) is 12.1 Å². The molecule has 3 N–H and O–H groups in total. The number of non-ortho nitro benzene ring substituents is 1. The molecule has 0 aliphatic rings. The molecule has 21 heavy (non-hydrogen) atoms. The molecular weight excluding hydrogens is 276 g/mol. The van der Waals surface area contributed by atoms with Crippen LogP contribution in [0.5, 0.6) is 5.75 Å². The molecule has 1 aromatic rings. The summed E-state index contributed by atoms with van der Waals surface area (Å²) >= 11 is 0. The molecule has 0 spiro atoms. The molecule has 0 heterocycles. The number of carboxylic acid groups (broad SMARTS) is 1. The summed E-state index contributed by atoms with van der Waals surface area (Å²) in [6.45, 7) is 2.60. The van der Waals surface area contributed by atoms with E-state index in [2.05, 4.69) is 0 Å². The van der Waals surface area contributed by atoms with E-state index in [9.17, 15) is 14.9 Å². The molecule has 1 aromatic carbocycles. The number of nitro benzene ring substituents is 1. The maximum absolute atomic E-state index is 10.7. The third-order valence-corrected chi connectivity index (χ3v) is 3.10. The zero-order valence-electron chi connectivity index (χ0n) is 11.9. The van der Waals surface area contributed by atoms with Crippen molar-refractivity contribution in [3.63, 3.8) is 0 Å². The van der Waals surface area contributed by atoms with Crippen LogP contribution < -0.4 is 10.5 Å². The maximum Gasteiger partial charge on any atom is 0.303 e. The van der Waals surface area contributed by atoms with Crippen molar-refractivity contribution in [2.24, 2.45) is 17.6 Å². The van der Waals surface area contributed by atoms with Gasteiger partial charge in [-0.25, -0.2) is 0 Å². The van der Waals surface area contributed by atoms with Crippen molar-refractivity contribution in [1.29, 1.82) is 0 Å². The molecule has 2 atom stereocenters. The predicted molar refractivity (Wildman–Crippen MR) is 77.2 cm³/mol. The van der Waals surface area contributed by atoms with Gasteiger partial charge in [0.1, 0.15) is 5.75 Å². The molecule has 0 saturated carbocycles. The summed E-state index contributed by atoms with van der Waals surface area (Å²) in [5.74, 6) is -0.417. The fourth-order valence-electron chi connectivity index (χ4n) is 2.07. The van der Waals surface area contributed by atoms with Crippen LogP contribution in [0.1, 0.15) is 19.8 Å². The molecule has 0 aliphatic carbocycles. The van der Waals surface area contributed by atoms with E-state index in [0.717, 1.165) is 0 Å². The van der Waals surface area contributed by atoms with Gasteiger partial charge in [0.05, 0.1) is 17.6 Å². The molecular formula is C14H20N2O5. The van der Waals surface area contributed by atoms with E-state index < -0.39 is 10.9 Å². The summed E-state index contributed by atoms with van der Waals surface area (Å²) in [5, 5.41) is 19.4. The zero-order chi connectivity index (χ0) is 15.8. The van der Waals surface area contributed by atoms with Crippen LogP contribution in [0.15, 0.2) is 24.3 Å². The Balaban J connectivity index is 2.48. The number of hydrogen-bond donors (Lipinski definition) is 2. The van der Waals surface area contributed by atoms with Gasteiger partial charge in [0.2, 0.25) is 0 Å². The standard InChI is InChI=1S/C14H20N2O5/c1-10(5-11(8-15)6-14(17)18)9-21-13-4-2-3-12(7-13)16(19)20/h2-4,7,10-11H,5-6,8-9,15H2,1H3,(H,17,18)/t10-,11-/m0/s1. The van der Waals surface area contributed by atoms with Crippen LogP contribution in [0.3, 0.4) is 0 Å². The van der Waals surface area contributed by atoms with Crippen molar-refractivity contribution in [1.82, 2.24) is 0 Å². The minimum atomic E-state index is -0.864. The molecule has 0 radical (unpaired) electrons. The number of benzene rings is 1. The summed E-state index contributed by atoms with van der Waals surface area (Å²) < 4.78 is 5.52. The normalized spacial score (nSPS) is 13.4. The van der Waals surface area contributed by atoms with Crippen LogP contribution in [0.2, 0.25) is 0 Å². The van der Waals surface area contributed by atoms with Crippen molar-refractivity contribution < 1.29 is 19.6 Å². The van der Waals surface area contributed by atoms with E-state index in [1.807, 2.05) is 6.92 Å². The third-order valence-electron chi connectivity index (χ3n) is 3.10. The number of nitrogens with zero attached hydrogens (tertiary/aromatic N) is 1. The van der Waals surface area contributed by atoms with Gasteiger partial charge in [0.15, 0.2) is 0 Å². The lowest BCUT2D eigenvalue weighted by Crippen LogP contribution is -2.22. The first-order chi connectivity index (χ1) is 9.92. The Kier molecular flexibility index (Phi) is 6.61. The molecule has 0 saturated heterocycles. The van der Waals surface area contributed by atoms with Crippen LogP contribution in [-0.2, 0) is 4.79 Å². The Morgan fingerprint density at radius 2 is 2.24 bits per heavy atom. The average Bonchev–Trinajstić information content (AvgIpc) is 2.44. The van der Waals surface area contributed by atoms with Gasteiger partial charge in [0.25, 0.3) is 5.69 Å². The van der Waals surface area contributed by atoms with E-state index >= 15 is 0 Å². The molecule has 0 bridgehead atoms. The van der Waals surface area contributed by atoms with Crippen LogP contribution in [0.25, 0.3) is 0 Å². The van der Waals surface area contributed by atoms with Gasteiger partial charge in [-0.15, -0.1) is 0 Å². The number of aliphatic carboxylic acids is 1. The van der Waals surface area contributed by atoms with Crippen molar-refractivity contribution in [2.75, 3.05) is 13.2 Å². The number of carbonyl (C=O) groups is 1. The number of nitro groups is 1. The Morgan fingerprint density at radius 1 is 1.52 bits per heavy atom. The first-order valence-corrected chi connectivity index (χ1v) is 6.71. The lowest BCUT2D eigenvalue weighted by Gasteiger charge is -2.18. The molecule has 116 valence electrons. The third kappa shape index (κ3) is 6.22. The van der Waals surface area contributed by atoms with Gasteiger partial charge in [-0.1, -0.05) is 13.0 Å². The first kappa shape index (κ1) is 16.9. The van der Waals surface area contributed by atoms with Crippen molar-refractivity contribution in [2.45, 2.75) is 19.8 Å². The van der Waals surface area contributed by atoms with Crippen LogP contribution >= 0.6 is 0 Å². The highest BCUT2D eigenvalue weighted by molar-refractivity contribution is 5.67. The molecule has 0 aromatic heterocycles. The summed E-state index contributed by atoms with van der Waals surface area (Å²) in [6.07, 6.45) is 0.676. The second-order valence-electron chi connectivity index (χ2n) is 5.11. The summed E-state index contributed by atoms with van der Waals surface area (Å²) in [7, 11) is 0. The van der Waals surface area contributed by atoms with Crippen LogP contribution in [0.4, 0.5) is 5.69 Å². The van der Waals surface area contributed by atoms with Crippen LogP contribution in [0, 0.1) is 22.0 Å². The Labute approximate surface area is 122 Å². The zero-order valence-corrected chi connectivity index (χ0v) is 11.9. The maximum atomic E-state index is 10.7. The van der Waals surface area contributed by atoms with E-state index in [1.54, 1.807) is 12.1 Å². The highest BCUT2D eigenvalue weighted by Crippen LogP contribution is 2.21. The SMILES string of the molecule is C[C@H](COc1cccc([N+](=O)[O-])c1)C[C@H](CN)CC(=O)O. The number of nitrogens with two attached hydrogens (primary N) is 1. The van der Waals surface area contributed by atoms with Gasteiger partial charge in [-0.2, -0.15) is 0 Å². The molecule has 0 amide bonds. The molecule has 0 fully saturated rings. The number of hydrogen-bond acceptors (Lipinski definition) is 5. The topological polar surface area (TPSA) is 116 Å². The van der Waals surface area contributed by atoms with Gasteiger partial charge >= 0.3 is 5.97 Å². The second-order valence-corrected chi connectivity index (χ2v) is 5.11. The largest absolute Gasteiger partial charge is 0.493 e. The first-order valence-electron chi connectivity index (χ1n) is 6.71. The number of ether oxygens (including phenoxy) is 1. The lowest BCUT2D eigenvalue weighted by atomic mass is 9.93. The Bertz CT molecular complexity index is 492. The number of carboxylic acids is 1. The predicted octanol–water partition coefficient (Wildman–Crippen LogP) is 2.05. The van der Waals surface area contributed by atoms with Gasteiger partial charge < -0.3 is 15.6 Å².